The molecule has 5 rings (SSSR count). The quantitative estimate of drug-likeness (QED) is 0.401. The minimum atomic E-state index is -0.279. The summed E-state index contributed by atoms with van der Waals surface area (Å²) >= 11 is 1.69. The van der Waals surface area contributed by atoms with Gasteiger partial charge in [-0.3, -0.25) is 0 Å². The van der Waals surface area contributed by atoms with E-state index >= 15 is 0 Å². The highest BCUT2D eigenvalue weighted by atomic mass is 32.2. The van der Waals surface area contributed by atoms with Crippen molar-refractivity contribution in [2.75, 3.05) is 6.26 Å². The molecule has 0 aromatic heterocycles. The van der Waals surface area contributed by atoms with Gasteiger partial charge in [-0.2, -0.15) is 0 Å². The third kappa shape index (κ3) is 3.86. The molecule has 0 N–H and O–H groups in total. The van der Waals surface area contributed by atoms with Crippen LogP contribution in [0.25, 0.3) is 0 Å². The number of benzene rings is 3. The molecule has 0 amide bonds. The monoisotopic (exact) mass is 406 g/mol. The van der Waals surface area contributed by atoms with Crippen LogP contribution in [0, 0.1) is 5.82 Å². The summed E-state index contributed by atoms with van der Waals surface area (Å²) in [5.74, 6) is 2.77. The molecule has 1 unspecified atom stereocenters. The average molecular weight is 407 g/mol. The van der Waals surface area contributed by atoms with Crippen LogP contribution in [0.3, 0.4) is 0 Å². The standard InChI is InChI=1S/C25H23FO2S/c1-29-20-10-8-19(9-11-20)27-23-15-13-22(26)25-21(23)12-14-24(25)28-18-6-4-17(5-7-18)16-2-3-16/h4-11,13,15-16,24H,2-3,12,14H2,1H3. The Hall–Kier alpha value is -2.46. The number of ether oxygens (including phenoxy) is 2. The predicted octanol–water partition coefficient (Wildman–Crippen LogP) is 7.28. The highest BCUT2D eigenvalue weighted by molar-refractivity contribution is 7.98. The normalized spacial score (nSPS) is 17.8. The fourth-order valence-electron chi connectivity index (χ4n) is 4.03. The van der Waals surface area contributed by atoms with Crippen molar-refractivity contribution < 1.29 is 13.9 Å². The average Bonchev–Trinajstić information content (AvgIpc) is 3.52. The van der Waals surface area contributed by atoms with Crippen LogP contribution in [0.1, 0.15) is 48.0 Å². The van der Waals surface area contributed by atoms with Crippen LogP contribution in [0.15, 0.2) is 65.6 Å². The van der Waals surface area contributed by atoms with E-state index in [1.54, 1.807) is 17.8 Å². The first-order valence-electron chi connectivity index (χ1n) is 10.1. The lowest BCUT2D eigenvalue weighted by molar-refractivity contribution is 0.203. The summed E-state index contributed by atoms with van der Waals surface area (Å²) in [7, 11) is 0. The number of hydrogen-bond acceptors (Lipinski definition) is 3. The Morgan fingerprint density at radius 1 is 0.862 bits per heavy atom. The van der Waals surface area contributed by atoms with Crippen molar-refractivity contribution >= 4 is 11.8 Å². The zero-order valence-electron chi connectivity index (χ0n) is 16.4. The molecule has 4 heteroatoms. The van der Waals surface area contributed by atoms with E-state index < -0.39 is 0 Å². The molecular weight excluding hydrogens is 383 g/mol. The summed E-state index contributed by atoms with van der Waals surface area (Å²) in [6, 6.07) is 19.5. The zero-order valence-corrected chi connectivity index (χ0v) is 17.2. The maximum absolute atomic E-state index is 14.7. The second-order valence-corrected chi connectivity index (χ2v) is 8.58. The Bertz CT molecular complexity index is 1010. The predicted molar refractivity (Wildman–Crippen MR) is 115 cm³/mol. The van der Waals surface area contributed by atoms with E-state index in [9.17, 15) is 4.39 Å². The second kappa shape index (κ2) is 7.75. The number of halogens is 1. The van der Waals surface area contributed by atoms with E-state index in [-0.39, 0.29) is 11.9 Å². The lowest BCUT2D eigenvalue weighted by atomic mass is 10.1. The van der Waals surface area contributed by atoms with Crippen molar-refractivity contribution in [3.63, 3.8) is 0 Å². The minimum absolute atomic E-state index is 0.220. The topological polar surface area (TPSA) is 18.5 Å². The third-order valence-electron chi connectivity index (χ3n) is 5.73. The zero-order chi connectivity index (χ0) is 19.8. The van der Waals surface area contributed by atoms with Gasteiger partial charge in [0.2, 0.25) is 0 Å². The van der Waals surface area contributed by atoms with E-state index in [1.165, 1.54) is 29.4 Å². The largest absolute Gasteiger partial charge is 0.486 e. The molecule has 3 aromatic carbocycles. The molecule has 2 nitrogen and oxygen atoms in total. The van der Waals surface area contributed by atoms with Gasteiger partial charge in [0.15, 0.2) is 0 Å². The van der Waals surface area contributed by atoms with Crippen LogP contribution in [-0.4, -0.2) is 6.26 Å². The highest BCUT2D eigenvalue weighted by Gasteiger charge is 2.31. The molecule has 2 aliphatic carbocycles. The molecule has 1 saturated carbocycles. The number of hydrogen-bond donors (Lipinski definition) is 0. The fourth-order valence-corrected chi connectivity index (χ4v) is 4.43. The number of rotatable bonds is 6. The van der Waals surface area contributed by atoms with Gasteiger partial charge in [-0.25, -0.2) is 4.39 Å². The first-order valence-corrected chi connectivity index (χ1v) is 11.3. The minimum Gasteiger partial charge on any atom is -0.486 e. The van der Waals surface area contributed by atoms with Gasteiger partial charge in [0.1, 0.15) is 29.2 Å². The summed E-state index contributed by atoms with van der Waals surface area (Å²) in [5, 5.41) is 0. The van der Waals surface area contributed by atoms with Gasteiger partial charge in [-0.05, 0) is 92.0 Å². The maximum atomic E-state index is 14.7. The van der Waals surface area contributed by atoms with Crippen molar-refractivity contribution in [3.05, 3.63) is 83.2 Å². The van der Waals surface area contributed by atoms with Crippen LogP contribution < -0.4 is 9.47 Å². The molecular formula is C25H23FO2S. The molecule has 0 spiro atoms. The van der Waals surface area contributed by atoms with E-state index in [0.717, 1.165) is 35.8 Å². The molecule has 0 bridgehead atoms. The number of fused-ring (bicyclic) bond motifs is 1. The second-order valence-electron chi connectivity index (χ2n) is 7.70. The van der Waals surface area contributed by atoms with Gasteiger partial charge < -0.3 is 9.47 Å². The van der Waals surface area contributed by atoms with Gasteiger partial charge in [0, 0.05) is 16.0 Å². The maximum Gasteiger partial charge on any atom is 0.131 e. The smallest absolute Gasteiger partial charge is 0.131 e. The van der Waals surface area contributed by atoms with Gasteiger partial charge in [-0.1, -0.05) is 12.1 Å². The first kappa shape index (κ1) is 18.6. The van der Waals surface area contributed by atoms with Crippen LogP contribution in [0.2, 0.25) is 0 Å². The third-order valence-corrected chi connectivity index (χ3v) is 6.48. The lowest BCUT2D eigenvalue weighted by Gasteiger charge is -2.17. The van der Waals surface area contributed by atoms with Crippen LogP contribution in [0.5, 0.6) is 17.2 Å². The first-order chi connectivity index (χ1) is 14.2. The molecule has 3 aromatic rings. The number of thioether (sulfide) groups is 1. The van der Waals surface area contributed by atoms with Crippen LogP contribution >= 0.6 is 11.8 Å². The molecule has 0 aliphatic heterocycles. The summed E-state index contributed by atoms with van der Waals surface area (Å²) in [6.07, 6.45) is 5.83. The van der Waals surface area contributed by atoms with Crippen molar-refractivity contribution in [2.45, 2.75) is 42.6 Å². The van der Waals surface area contributed by atoms with Crippen LogP contribution in [-0.2, 0) is 6.42 Å². The van der Waals surface area contributed by atoms with Crippen molar-refractivity contribution in [1.29, 1.82) is 0 Å². The van der Waals surface area contributed by atoms with Gasteiger partial charge in [-0.15, -0.1) is 11.8 Å². The Balaban J connectivity index is 1.37. The molecule has 2 aliphatic rings. The summed E-state index contributed by atoms with van der Waals surface area (Å²) in [5.41, 5.74) is 2.92. The molecule has 29 heavy (non-hydrogen) atoms. The SMILES string of the molecule is CSc1ccc(Oc2ccc(F)c3c2CCC3Oc2ccc(C3CC3)cc2)cc1. The molecule has 0 saturated heterocycles. The van der Waals surface area contributed by atoms with E-state index in [2.05, 4.69) is 12.1 Å². The summed E-state index contributed by atoms with van der Waals surface area (Å²) < 4.78 is 27.0. The molecule has 1 atom stereocenters. The van der Waals surface area contributed by atoms with Gasteiger partial charge >= 0.3 is 0 Å². The van der Waals surface area contributed by atoms with Gasteiger partial charge in [0.25, 0.3) is 0 Å². The van der Waals surface area contributed by atoms with Crippen LogP contribution in [0.4, 0.5) is 4.39 Å². The highest BCUT2D eigenvalue weighted by Crippen LogP contribution is 2.43. The van der Waals surface area contributed by atoms with Crippen molar-refractivity contribution in [3.8, 4) is 17.2 Å². The Morgan fingerprint density at radius 3 is 2.28 bits per heavy atom. The van der Waals surface area contributed by atoms with Gasteiger partial charge in [0.05, 0.1) is 0 Å². The van der Waals surface area contributed by atoms with E-state index in [0.29, 0.717) is 11.3 Å². The summed E-state index contributed by atoms with van der Waals surface area (Å²) in [6.45, 7) is 0. The van der Waals surface area contributed by atoms with E-state index in [1.807, 2.05) is 42.7 Å². The van der Waals surface area contributed by atoms with E-state index in [4.69, 9.17) is 9.47 Å². The van der Waals surface area contributed by atoms with Crippen molar-refractivity contribution in [2.24, 2.45) is 0 Å². The summed E-state index contributed by atoms with van der Waals surface area (Å²) in [4.78, 5) is 1.18. The molecule has 1 fully saturated rings. The lowest BCUT2D eigenvalue weighted by Crippen LogP contribution is -2.06. The Morgan fingerprint density at radius 2 is 1.59 bits per heavy atom. The fraction of sp³-hybridized carbons (Fsp3) is 0.280. The molecule has 0 heterocycles. The molecule has 0 radical (unpaired) electrons. The Kier molecular flexibility index (Phi) is 4.96. The Labute approximate surface area is 175 Å². The van der Waals surface area contributed by atoms with Crippen molar-refractivity contribution in [1.82, 2.24) is 0 Å². The molecule has 148 valence electrons.